The molecule has 0 aliphatic rings. The van der Waals surface area contributed by atoms with Crippen molar-refractivity contribution in [1.29, 1.82) is 0 Å². The van der Waals surface area contributed by atoms with E-state index in [0.717, 1.165) is 13.1 Å². The van der Waals surface area contributed by atoms with Gasteiger partial charge >= 0.3 is 0 Å². The molecule has 0 atom stereocenters. The predicted molar refractivity (Wildman–Crippen MR) is 82.8 cm³/mol. The van der Waals surface area contributed by atoms with Crippen LogP contribution in [0.1, 0.15) is 19.4 Å². The molecule has 0 aromatic carbocycles. The minimum absolute atomic E-state index is 0.356. The van der Waals surface area contributed by atoms with Gasteiger partial charge in [0.25, 0.3) is 0 Å². The number of nitrogens with two attached hydrogens (primary N) is 1. The molecule has 4 N–H and O–H groups in total. The fourth-order valence-corrected chi connectivity index (χ4v) is 2.40. The quantitative estimate of drug-likeness (QED) is 0.528. The molecule has 0 spiro atoms. The van der Waals surface area contributed by atoms with E-state index in [9.17, 15) is 0 Å². The summed E-state index contributed by atoms with van der Waals surface area (Å²) >= 11 is 1.66. The highest BCUT2D eigenvalue weighted by Crippen LogP contribution is 2.14. The van der Waals surface area contributed by atoms with E-state index < -0.39 is 0 Å². The Hall–Kier alpha value is -1.93. The van der Waals surface area contributed by atoms with Crippen molar-refractivity contribution in [1.82, 2.24) is 15.0 Å². The first kappa shape index (κ1) is 14.5. The summed E-state index contributed by atoms with van der Waals surface area (Å²) in [6, 6.07) is 2.06. The summed E-state index contributed by atoms with van der Waals surface area (Å²) < 4.78 is 0. The Morgan fingerprint density at radius 2 is 1.95 bits per heavy atom. The maximum absolute atomic E-state index is 5.41. The van der Waals surface area contributed by atoms with Gasteiger partial charge in [-0.2, -0.15) is 26.3 Å². The van der Waals surface area contributed by atoms with Crippen LogP contribution in [0.4, 0.5) is 17.8 Å². The molecule has 2 aromatic rings. The van der Waals surface area contributed by atoms with Gasteiger partial charge in [-0.25, -0.2) is 5.84 Å². The molecule has 2 heterocycles. The van der Waals surface area contributed by atoms with Crippen molar-refractivity contribution in [2.24, 2.45) is 5.84 Å². The standard InChI is InChI=1S/C12H19N7S/c1-3-19(4-2)12-16-10(15-11(17-12)18-13)14-7-9-5-6-20-8-9/h5-6,8H,3-4,7,13H2,1-2H3,(H2,14,15,16,17,18). The average Bonchev–Trinajstić information content (AvgIpc) is 2.99. The van der Waals surface area contributed by atoms with Crippen molar-refractivity contribution in [3.63, 3.8) is 0 Å². The van der Waals surface area contributed by atoms with Gasteiger partial charge in [-0.05, 0) is 36.2 Å². The van der Waals surface area contributed by atoms with E-state index in [1.165, 1.54) is 5.56 Å². The van der Waals surface area contributed by atoms with Crippen LogP contribution in [0, 0.1) is 0 Å². The highest BCUT2D eigenvalue weighted by Gasteiger charge is 2.10. The zero-order valence-corrected chi connectivity index (χ0v) is 12.4. The minimum atomic E-state index is 0.356. The maximum atomic E-state index is 5.41. The Labute approximate surface area is 122 Å². The largest absolute Gasteiger partial charge is 0.350 e. The summed E-state index contributed by atoms with van der Waals surface area (Å²) in [7, 11) is 0. The predicted octanol–water partition coefficient (Wildman–Crippen LogP) is 1.68. The van der Waals surface area contributed by atoms with Crippen LogP contribution >= 0.6 is 11.3 Å². The van der Waals surface area contributed by atoms with Crippen molar-refractivity contribution in [2.75, 3.05) is 28.7 Å². The molecule has 7 nitrogen and oxygen atoms in total. The third kappa shape index (κ3) is 3.55. The molecule has 0 bridgehead atoms. The van der Waals surface area contributed by atoms with Crippen LogP contribution in [0.3, 0.4) is 0 Å². The second-order valence-electron chi connectivity index (χ2n) is 4.08. The van der Waals surface area contributed by atoms with Crippen LogP contribution in [-0.4, -0.2) is 28.0 Å². The first-order valence-corrected chi connectivity index (χ1v) is 7.43. The third-order valence-electron chi connectivity index (χ3n) is 2.83. The van der Waals surface area contributed by atoms with Crippen LogP contribution in [-0.2, 0) is 6.54 Å². The van der Waals surface area contributed by atoms with Gasteiger partial charge in [-0.1, -0.05) is 0 Å². The van der Waals surface area contributed by atoms with Crippen LogP contribution in [0.2, 0.25) is 0 Å². The molecule has 0 radical (unpaired) electrons. The number of nitrogen functional groups attached to an aromatic ring is 1. The van der Waals surface area contributed by atoms with E-state index >= 15 is 0 Å². The topological polar surface area (TPSA) is 92.0 Å². The molecule has 0 fully saturated rings. The lowest BCUT2D eigenvalue weighted by atomic mass is 10.3. The van der Waals surface area contributed by atoms with Gasteiger partial charge in [0.1, 0.15) is 0 Å². The third-order valence-corrected chi connectivity index (χ3v) is 3.56. The van der Waals surface area contributed by atoms with Gasteiger partial charge in [0.15, 0.2) is 0 Å². The second kappa shape index (κ2) is 7.01. The normalized spacial score (nSPS) is 10.3. The first-order valence-electron chi connectivity index (χ1n) is 6.49. The smallest absolute Gasteiger partial charge is 0.243 e. The zero-order valence-electron chi connectivity index (χ0n) is 11.6. The summed E-state index contributed by atoms with van der Waals surface area (Å²) in [5.41, 5.74) is 3.67. The molecule has 0 saturated carbocycles. The summed E-state index contributed by atoms with van der Waals surface area (Å²) in [4.78, 5) is 14.9. The fourth-order valence-electron chi connectivity index (χ4n) is 1.73. The number of rotatable bonds is 7. The molecule has 0 aliphatic heterocycles. The van der Waals surface area contributed by atoms with Crippen LogP contribution in [0.15, 0.2) is 16.8 Å². The number of anilines is 3. The van der Waals surface area contributed by atoms with E-state index in [2.05, 4.69) is 51.0 Å². The molecule has 2 aromatic heterocycles. The van der Waals surface area contributed by atoms with Crippen LogP contribution in [0.5, 0.6) is 0 Å². The lowest BCUT2D eigenvalue weighted by molar-refractivity contribution is 0.811. The van der Waals surface area contributed by atoms with Gasteiger partial charge in [0.2, 0.25) is 17.8 Å². The Morgan fingerprint density at radius 3 is 2.55 bits per heavy atom. The lowest BCUT2D eigenvalue weighted by Gasteiger charge is -2.19. The minimum Gasteiger partial charge on any atom is -0.350 e. The van der Waals surface area contributed by atoms with Crippen LogP contribution in [0.25, 0.3) is 0 Å². The van der Waals surface area contributed by atoms with E-state index in [1.807, 2.05) is 10.3 Å². The number of hydrazine groups is 1. The fraction of sp³-hybridized carbons (Fsp3) is 0.417. The highest BCUT2D eigenvalue weighted by atomic mass is 32.1. The Kier molecular flexibility index (Phi) is 5.08. The number of hydrogen-bond acceptors (Lipinski definition) is 8. The molecular formula is C12H19N7S. The SMILES string of the molecule is CCN(CC)c1nc(NN)nc(NCc2ccsc2)n1. The van der Waals surface area contributed by atoms with Crippen molar-refractivity contribution >= 4 is 29.2 Å². The summed E-state index contributed by atoms with van der Waals surface area (Å²) in [5, 5.41) is 7.31. The maximum Gasteiger partial charge on any atom is 0.243 e. The summed E-state index contributed by atoms with van der Waals surface area (Å²) in [5.74, 6) is 6.90. The molecular weight excluding hydrogens is 274 g/mol. The van der Waals surface area contributed by atoms with Crippen molar-refractivity contribution < 1.29 is 0 Å². The molecule has 0 aliphatic carbocycles. The molecule has 108 valence electrons. The number of nitrogens with one attached hydrogen (secondary N) is 2. The van der Waals surface area contributed by atoms with Crippen molar-refractivity contribution in [3.8, 4) is 0 Å². The second-order valence-corrected chi connectivity index (χ2v) is 4.86. The highest BCUT2D eigenvalue weighted by molar-refractivity contribution is 7.07. The summed E-state index contributed by atoms with van der Waals surface area (Å²) in [6.07, 6.45) is 0. The van der Waals surface area contributed by atoms with Gasteiger partial charge in [-0.15, -0.1) is 0 Å². The van der Waals surface area contributed by atoms with Crippen LogP contribution < -0.4 is 21.5 Å². The molecule has 0 amide bonds. The van der Waals surface area contributed by atoms with Gasteiger partial charge in [0.05, 0.1) is 0 Å². The summed E-state index contributed by atoms with van der Waals surface area (Å²) in [6.45, 7) is 6.45. The average molecular weight is 293 g/mol. The molecule has 0 unspecified atom stereocenters. The molecule has 8 heteroatoms. The number of nitrogens with zero attached hydrogens (tertiary/aromatic N) is 4. The van der Waals surface area contributed by atoms with Crippen molar-refractivity contribution in [2.45, 2.75) is 20.4 Å². The van der Waals surface area contributed by atoms with Gasteiger partial charge < -0.3 is 10.2 Å². The lowest BCUT2D eigenvalue weighted by Crippen LogP contribution is -2.26. The number of hydrogen-bond donors (Lipinski definition) is 3. The Bertz CT molecular complexity index is 525. The van der Waals surface area contributed by atoms with Gasteiger partial charge in [0, 0.05) is 19.6 Å². The zero-order chi connectivity index (χ0) is 14.4. The number of thiophene rings is 1. The number of aromatic nitrogens is 3. The monoisotopic (exact) mass is 293 g/mol. The Balaban J connectivity index is 2.16. The molecule has 0 saturated heterocycles. The van der Waals surface area contributed by atoms with E-state index in [1.54, 1.807) is 11.3 Å². The van der Waals surface area contributed by atoms with Crippen molar-refractivity contribution in [3.05, 3.63) is 22.4 Å². The van der Waals surface area contributed by atoms with E-state index in [-0.39, 0.29) is 0 Å². The van der Waals surface area contributed by atoms with Gasteiger partial charge in [-0.3, -0.25) is 5.43 Å². The van der Waals surface area contributed by atoms with E-state index in [0.29, 0.717) is 24.4 Å². The Morgan fingerprint density at radius 1 is 1.20 bits per heavy atom. The molecule has 2 rings (SSSR count). The first-order chi connectivity index (χ1) is 9.76. The van der Waals surface area contributed by atoms with E-state index in [4.69, 9.17) is 5.84 Å². The molecule has 20 heavy (non-hydrogen) atoms.